The van der Waals surface area contributed by atoms with Crippen LogP contribution in [0.1, 0.15) is 35.4 Å². The van der Waals surface area contributed by atoms with Gasteiger partial charge in [0.15, 0.2) is 0 Å². The lowest BCUT2D eigenvalue weighted by molar-refractivity contribution is -0.0585. The molecule has 2 aliphatic heterocycles. The lowest BCUT2D eigenvalue weighted by Gasteiger charge is -2.57. The van der Waals surface area contributed by atoms with E-state index < -0.39 is 0 Å². The van der Waals surface area contributed by atoms with Gasteiger partial charge in [0, 0.05) is 47.9 Å². The molecule has 7 heteroatoms. The normalized spacial score (nSPS) is 21.1. The third-order valence-electron chi connectivity index (χ3n) is 7.49. The van der Waals surface area contributed by atoms with Crippen molar-refractivity contribution in [2.45, 2.75) is 30.8 Å². The smallest absolute Gasteiger partial charge is 0.321 e. The minimum atomic E-state index is -0.279. The average Bonchev–Trinajstić information content (AvgIpc) is 2.93. The number of benzene rings is 3. The Morgan fingerprint density at radius 1 is 0.974 bits per heavy atom. The fourth-order valence-electron chi connectivity index (χ4n) is 5.47. The minimum absolute atomic E-state index is 0.0285. The molecular formula is C31H32FN3O3. The van der Waals surface area contributed by atoms with Crippen molar-refractivity contribution in [2.24, 2.45) is 0 Å². The van der Waals surface area contributed by atoms with Gasteiger partial charge in [-0.1, -0.05) is 24.0 Å². The van der Waals surface area contributed by atoms with Crippen LogP contribution in [0.4, 0.5) is 14.9 Å². The highest BCUT2D eigenvalue weighted by molar-refractivity contribution is 5.89. The molecule has 3 aromatic rings. The number of fused-ring (bicyclic) bond motifs is 1. The lowest BCUT2D eigenvalue weighted by Crippen LogP contribution is -2.68. The number of carbonyl (C=O) groups is 1. The van der Waals surface area contributed by atoms with Gasteiger partial charge in [-0.3, -0.25) is 4.90 Å². The van der Waals surface area contributed by atoms with Crippen molar-refractivity contribution >= 4 is 11.7 Å². The second-order valence-electron chi connectivity index (χ2n) is 9.77. The minimum Gasteiger partial charge on any atom is -0.497 e. The van der Waals surface area contributed by atoms with E-state index in [0.717, 1.165) is 47.5 Å². The molecule has 38 heavy (non-hydrogen) atoms. The fraction of sp³-hybridized carbons (Fsp3) is 0.323. The number of nitrogens with one attached hydrogen (secondary N) is 1. The molecule has 2 amide bonds. The van der Waals surface area contributed by atoms with Crippen molar-refractivity contribution in [1.82, 2.24) is 9.80 Å². The van der Waals surface area contributed by atoms with Crippen molar-refractivity contribution < 1.29 is 19.0 Å². The van der Waals surface area contributed by atoms with Crippen LogP contribution in [-0.2, 0) is 0 Å². The highest BCUT2D eigenvalue weighted by Gasteiger charge is 2.49. The molecule has 2 aliphatic rings. The molecule has 0 saturated carbocycles. The van der Waals surface area contributed by atoms with E-state index in [1.165, 1.54) is 12.1 Å². The van der Waals surface area contributed by atoms with E-state index in [0.29, 0.717) is 13.1 Å². The molecule has 2 heterocycles. The summed E-state index contributed by atoms with van der Waals surface area (Å²) in [4.78, 5) is 17.4. The van der Waals surface area contributed by atoms with Gasteiger partial charge in [-0.05, 0) is 85.6 Å². The molecule has 0 aromatic heterocycles. The summed E-state index contributed by atoms with van der Waals surface area (Å²) < 4.78 is 18.3. The van der Waals surface area contributed by atoms with E-state index in [2.05, 4.69) is 34.2 Å². The monoisotopic (exact) mass is 513 g/mol. The number of amides is 2. The molecule has 3 atom stereocenters. The third kappa shape index (κ3) is 5.67. The van der Waals surface area contributed by atoms with E-state index in [4.69, 9.17) is 4.74 Å². The zero-order chi connectivity index (χ0) is 26.5. The van der Waals surface area contributed by atoms with E-state index in [9.17, 15) is 14.3 Å². The van der Waals surface area contributed by atoms with Gasteiger partial charge in [0.1, 0.15) is 11.6 Å². The van der Waals surface area contributed by atoms with E-state index >= 15 is 0 Å². The predicted octanol–water partition coefficient (Wildman–Crippen LogP) is 4.69. The fourth-order valence-corrected chi connectivity index (χ4v) is 5.47. The second kappa shape index (κ2) is 11.7. The van der Waals surface area contributed by atoms with Gasteiger partial charge in [0.05, 0.1) is 13.7 Å². The van der Waals surface area contributed by atoms with Crippen LogP contribution in [0.5, 0.6) is 5.75 Å². The molecule has 2 saturated heterocycles. The number of aliphatic hydroxyl groups is 1. The first-order valence-electron chi connectivity index (χ1n) is 13.0. The zero-order valence-corrected chi connectivity index (χ0v) is 21.4. The summed E-state index contributed by atoms with van der Waals surface area (Å²) in [6, 6.07) is 21.6. The van der Waals surface area contributed by atoms with Gasteiger partial charge in [-0.25, -0.2) is 9.18 Å². The molecule has 196 valence electrons. The highest BCUT2D eigenvalue weighted by Crippen LogP contribution is 2.42. The number of hydrogen-bond donors (Lipinski definition) is 2. The molecule has 0 radical (unpaired) electrons. The number of hydrogen-bond acceptors (Lipinski definition) is 4. The number of aliphatic hydroxyl groups excluding tert-OH is 1. The van der Waals surface area contributed by atoms with Crippen LogP contribution < -0.4 is 10.1 Å². The number of urea groups is 1. The third-order valence-corrected chi connectivity index (χ3v) is 7.49. The van der Waals surface area contributed by atoms with Gasteiger partial charge in [0.25, 0.3) is 0 Å². The summed E-state index contributed by atoms with van der Waals surface area (Å²) in [5.74, 6) is 6.78. The van der Waals surface area contributed by atoms with E-state index in [-0.39, 0.29) is 36.5 Å². The van der Waals surface area contributed by atoms with Crippen molar-refractivity contribution in [1.29, 1.82) is 0 Å². The van der Waals surface area contributed by atoms with Gasteiger partial charge in [-0.2, -0.15) is 0 Å². The first-order valence-corrected chi connectivity index (χ1v) is 13.0. The molecular weight excluding hydrogens is 481 g/mol. The molecule has 2 N–H and O–H groups in total. The Bertz CT molecular complexity index is 1300. The Hall–Kier alpha value is -3.86. The number of nitrogens with zero attached hydrogens (tertiary/aromatic N) is 2. The Kier molecular flexibility index (Phi) is 7.92. The summed E-state index contributed by atoms with van der Waals surface area (Å²) in [6.45, 7) is 2.28. The molecule has 5 rings (SSSR count). The average molecular weight is 514 g/mol. The standard InChI is InChI=1S/C31H32FN3O3/c1-38-27-16-14-26(15-17-27)33-31(37)34-18-2-3-19-35-28(20-34)30(29(35)21-36)24-10-6-22(7-11-24)4-5-23-8-12-25(32)13-9-23/h6-17,28-30,36H,2-3,18-21H2,1H3,(H,33,37). The summed E-state index contributed by atoms with van der Waals surface area (Å²) in [6.07, 6.45) is 1.90. The Morgan fingerprint density at radius 3 is 2.24 bits per heavy atom. The van der Waals surface area contributed by atoms with Crippen molar-refractivity contribution in [3.8, 4) is 17.6 Å². The molecule has 0 aliphatic carbocycles. The topological polar surface area (TPSA) is 65.0 Å². The quantitative estimate of drug-likeness (QED) is 0.497. The number of ether oxygens (including phenoxy) is 1. The summed E-state index contributed by atoms with van der Waals surface area (Å²) in [5.41, 5.74) is 3.49. The first kappa shape index (κ1) is 25.8. The van der Waals surface area contributed by atoms with E-state index in [1.807, 2.05) is 41.3 Å². The Morgan fingerprint density at radius 2 is 1.61 bits per heavy atom. The predicted molar refractivity (Wildman–Crippen MR) is 146 cm³/mol. The maximum Gasteiger partial charge on any atom is 0.321 e. The van der Waals surface area contributed by atoms with Crippen LogP contribution in [0.3, 0.4) is 0 Å². The highest BCUT2D eigenvalue weighted by atomic mass is 19.1. The molecule has 2 fully saturated rings. The molecule has 3 unspecified atom stereocenters. The van der Waals surface area contributed by atoms with Crippen LogP contribution >= 0.6 is 0 Å². The number of methoxy groups -OCH3 is 1. The first-order chi connectivity index (χ1) is 18.6. The number of anilines is 1. The Balaban J connectivity index is 1.30. The van der Waals surface area contributed by atoms with E-state index in [1.54, 1.807) is 19.2 Å². The van der Waals surface area contributed by atoms with Crippen molar-refractivity contribution in [3.05, 3.63) is 95.3 Å². The summed E-state index contributed by atoms with van der Waals surface area (Å²) in [5, 5.41) is 13.2. The lowest BCUT2D eigenvalue weighted by atomic mass is 9.74. The molecule has 0 spiro atoms. The second-order valence-corrected chi connectivity index (χ2v) is 9.77. The van der Waals surface area contributed by atoms with Crippen LogP contribution in [0.2, 0.25) is 0 Å². The van der Waals surface area contributed by atoms with Crippen molar-refractivity contribution in [3.63, 3.8) is 0 Å². The van der Waals surface area contributed by atoms with Gasteiger partial charge < -0.3 is 20.1 Å². The van der Waals surface area contributed by atoms with Gasteiger partial charge in [-0.15, -0.1) is 0 Å². The van der Waals surface area contributed by atoms with Gasteiger partial charge in [0.2, 0.25) is 0 Å². The van der Waals surface area contributed by atoms with Crippen LogP contribution in [0.15, 0.2) is 72.8 Å². The SMILES string of the molecule is COc1ccc(NC(=O)N2CCCCN3C(CO)C(c4ccc(C#Cc5ccc(F)cc5)cc4)C3C2)cc1. The number of carbonyl (C=O) groups excluding carboxylic acids is 1. The number of halogens is 1. The van der Waals surface area contributed by atoms with Crippen molar-refractivity contribution in [2.75, 3.05) is 38.7 Å². The zero-order valence-electron chi connectivity index (χ0n) is 21.4. The summed E-state index contributed by atoms with van der Waals surface area (Å²) >= 11 is 0. The van der Waals surface area contributed by atoms with Gasteiger partial charge >= 0.3 is 6.03 Å². The number of rotatable bonds is 4. The maximum atomic E-state index is 13.2. The molecule has 6 nitrogen and oxygen atoms in total. The Labute approximate surface area is 223 Å². The van der Waals surface area contributed by atoms with Crippen LogP contribution in [-0.4, -0.2) is 66.4 Å². The largest absolute Gasteiger partial charge is 0.497 e. The van der Waals surface area contributed by atoms with Crippen LogP contribution in [0, 0.1) is 17.7 Å². The molecule has 3 aromatic carbocycles. The maximum absolute atomic E-state index is 13.2. The summed E-state index contributed by atoms with van der Waals surface area (Å²) in [7, 11) is 1.61. The van der Waals surface area contributed by atoms with Crippen LogP contribution in [0.25, 0.3) is 0 Å². The molecule has 0 bridgehead atoms.